The zero-order valence-corrected chi connectivity index (χ0v) is 7.05. The van der Waals surface area contributed by atoms with Crippen LogP contribution in [0.5, 0.6) is 0 Å². The Morgan fingerprint density at radius 3 is 3.09 bits per heavy atom. The SMILES string of the molecule is [CH]1CCCN1CC1CCCN1. The Hall–Kier alpha value is -0.0800. The molecule has 1 radical (unpaired) electrons. The van der Waals surface area contributed by atoms with Gasteiger partial charge in [-0.05, 0) is 38.8 Å². The van der Waals surface area contributed by atoms with E-state index < -0.39 is 0 Å². The van der Waals surface area contributed by atoms with Crippen LogP contribution in [0.1, 0.15) is 25.7 Å². The maximum atomic E-state index is 3.52. The van der Waals surface area contributed by atoms with Crippen LogP contribution in [0.25, 0.3) is 0 Å². The fraction of sp³-hybridized carbons (Fsp3) is 0.889. The molecule has 2 heteroatoms. The molecule has 0 aromatic heterocycles. The molecule has 0 aliphatic carbocycles. The van der Waals surface area contributed by atoms with E-state index in [2.05, 4.69) is 16.8 Å². The van der Waals surface area contributed by atoms with Gasteiger partial charge in [0, 0.05) is 19.1 Å². The summed E-state index contributed by atoms with van der Waals surface area (Å²) < 4.78 is 0. The van der Waals surface area contributed by atoms with Gasteiger partial charge in [0.15, 0.2) is 0 Å². The van der Waals surface area contributed by atoms with E-state index in [9.17, 15) is 0 Å². The van der Waals surface area contributed by atoms with Crippen molar-refractivity contribution >= 4 is 0 Å². The minimum absolute atomic E-state index is 0.782. The molecule has 11 heavy (non-hydrogen) atoms. The maximum absolute atomic E-state index is 3.52. The summed E-state index contributed by atoms with van der Waals surface area (Å²) in [6.45, 7) is 6.14. The monoisotopic (exact) mass is 153 g/mol. The lowest BCUT2D eigenvalue weighted by Gasteiger charge is -2.18. The molecule has 0 bridgehead atoms. The minimum atomic E-state index is 0.782. The van der Waals surface area contributed by atoms with Crippen LogP contribution in [-0.2, 0) is 0 Å². The summed E-state index contributed by atoms with van der Waals surface area (Å²) in [5, 5.41) is 3.52. The normalized spacial score (nSPS) is 33.3. The molecule has 0 aromatic carbocycles. The number of hydrogen-bond donors (Lipinski definition) is 1. The van der Waals surface area contributed by atoms with E-state index >= 15 is 0 Å². The smallest absolute Gasteiger partial charge is 0.0252 e. The summed E-state index contributed by atoms with van der Waals surface area (Å²) in [6, 6.07) is 0.782. The van der Waals surface area contributed by atoms with Gasteiger partial charge in [-0.2, -0.15) is 0 Å². The molecule has 2 aliphatic heterocycles. The van der Waals surface area contributed by atoms with Crippen LogP contribution in [0, 0.1) is 6.54 Å². The van der Waals surface area contributed by atoms with Gasteiger partial charge in [-0.1, -0.05) is 0 Å². The third-order valence-corrected chi connectivity index (χ3v) is 2.65. The van der Waals surface area contributed by atoms with Crippen LogP contribution in [-0.4, -0.2) is 30.6 Å². The summed E-state index contributed by atoms with van der Waals surface area (Å²) >= 11 is 0. The van der Waals surface area contributed by atoms with Crippen molar-refractivity contribution in [1.29, 1.82) is 0 Å². The molecule has 2 saturated heterocycles. The van der Waals surface area contributed by atoms with E-state index in [4.69, 9.17) is 0 Å². The molecule has 0 aromatic rings. The molecule has 1 N–H and O–H groups in total. The third kappa shape index (κ3) is 1.94. The molecule has 2 nitrogen and oxygen atoms in total. The van der Waals surface area contributed by atoms with Crippen LogP contribution in [0.3, 0.4) is 0 Å². The van der Waals surface area contributed by atoms with Crippen LogP contribution in [0.4, 0.5) is 0 Å². The van der Waals surface area contributed by atoms with E-state index in [1.54, 1.807) is 0 Å². The predicted octanol–water partition coefficient (Wildman–Crippen LogP) is 0.996. The van der Waals surface area contributed by atoms with E-state index in [1.165, 1.54) is 45.3 Å². The second-order valence-electron chi connectivity index (χ2n) is 3.61. The molecule has 1 unspecified atom stereocenters. The molecular formula is C9H17N2. The summed E-state index contributed by atoms with van der Waals surface area (Å²) in [6.07, 6.45) is 5.42. The van der Waals surface area contributed by atoms with E-state index in [0.717, 1.165) is 6.04 Å². The van der Waals surface area contributed by atoms with Crippen LogP contribution in [0.15, 0.2) is 0 Å². The average Bonchev–Trinajstić information content (AvgIpc) is 2.60. The molecule has 0 spiro atoms. The van der Waals surface area contributed by atoms with Gasteiger partial charge in [0.2, 0.25) is 0 Å². The Balaban J connectivity index is 1.71. The molecule has 2 aliphatic rings. The van der Waals surface area contributed by atoms with Crippen molar-refractivity contribution in [3.8, 4) is 0 Å². The van der Waals surface area contributed by atoms with Crippen molar-refractivity contribution in [2.75, 3.05) is 19.6 Å². The second-order valence-corrected chi connectivity index (χ2v) is 3.61. The van der Waals surface area contributed by atoms with Crippen LogP contribution < -0.4 is 5.32 Å². The highest BCUT2D eigenvalue weighted by Crippen LogP contribution is 2.15. The maximum Gasteiger partial charge on any atom is 0.0252 e. The molecule has 2 heterocycles. The lowest BCUT2D eigenvalue weighted by Crippen LogP contribution is -2.34. The molecule has 2 fully saturated rings. The van der Waals surface area contributed by atoms with E-state index in [1.807, 2.05) is 0 Å². The lowest BCUT2D eigenvalue weighted by atomic mass is 10.2. The standard InChI is InChI=1S/C9H17N2/c1-2-7-11(6-1)8-9-4-3-5-10-9/h6,9-10H,1-5,7-8H2. The van der Waals surface area contributed by atoms with Crippen molar-refractivity contribution in [2.24, 2.45) is 0 Å². The van der Waals surface area contributed by atoms with Crippen molar-refractivity contribution in [2.45, 2.75) is 31.7 Å². The molecule has 1 atom stereocenters. The summed E-state index contributed by atoms with van der Waals surface area (Å²) in [7, 11) is 0. The Morgan fingerprint density at radius 2 is 2.45 bits per heavy atom. The van der Waals surface area contributed by atoms with Crippen molar-refractivity contribution in [3.05, 3.63) is 6.54 Å². The van der Waals surface area contributed by atoms with Gasteiger partial charge in [-0.25, -0.2) is 0 Å². The van der Waals surface area contributed by atoms with E-state index in [-0.39, 0.29) is 0 Å². The van der Waals surface area contributed by atoms with Crippen molar-refractivity contribution in [1.82, 2.24) is 10.2 Å². The van der Waals surface area contributed by atoms with Crippen molar-refractivity contribution < 1.29 is 0 Å². The highest BCUT2D eigenvalue weighted by Gasteiger charge is 2.19. The lowest BCUT2D eigenvalue weighted by molar-refractivity contribution is 0.341. The quantitative estimate of drug-likeness (QED) is 0.636. The third-order valence-electron chi connectivity index (χ3n) is 2.65. The first-order valence-electron chi connectivity index (χ1n) is 4.76. The number of hydrogen-bond acceptors (Lipinski definition) is 2. The van der Waals surface area contributed by atoms with Gasteiger partial charge < -0.3 is 5.32 Å². The highest BCUT2D eigenvalue weighted by molar-refractivity contribution is 4.84. The summed E-state index contributed by atoms with van der Waals surface area (Å²) in [5.41, 5.74) is 0. The predicted molar refractivity (Wildman–Crippen MR) is 46.1 cm³/mol. The van der Waals surface area contributed by atoms with Gasteiger partial charge in [0.05, 0.1) is 0 Å². The topological polar surface area (TPSA) is 15.3 Å². The number of likely N-dealkylation sites (tertiary alicyclic amines) is 1. The Labute approximate surface area is 69.0 Å². The first kappa shape index (κ1) is 7.56. The highest BCUT2D eigenvalue weighted by atomic mass is 15.2. The van der Waals surface area contributed by atoms with Crippen LogP contribution >= 0.6 is 0 Å². The average molecular weight is 153 g/mol. The van der Waals surface area contributed by atoms with Gasteiger partial charge >= 0.3 is 0 Å². The minimum Gasteiger partial charge on any atom is -0.313 e. The fourth-order valence-corrected chi connectivity index (χ4v) is 2.02. The zero-order chi connectivity index (χ0) is 7.52. The molecule has 0 amide bonds. The first-order chi connectivity index (χ1) is 5.45. The Kier molecular flexibility index (Phi) is 2.44. The fourth-order valence-electron chi connectivity index (χ4n) is 2.02. The molecular weight excluding hydrogens is 136 g/mol. The van der Waals surface area contributed by atoms with Gasteiger partial charge in [-0.15, -0.1) is 0 Å². The summed E-state index contributed by atoms with van der Waals surface area (Å²) in [4.78, 5) is 2.48. The van der Waals surface area contributed by atoms with Gasteiger partial charge in [0.1, 0.15) is 0 Å². The number of nitrogens with one attached hydrogen (secondary N) is 1. The van der Waals surface area contributed by atoms with Gasteiger partial charge in [-0.3, -0.25) is 4.90 Å². The molecule has 63 valence electrons. The Morgan fingerprint density at radius 1 is 1.45 bits per heavy atom. The zero-order valence-electron chi connectivity index (χ0n) is 7.05. The summed E-state index contributed by atoms with van der Waals surface area (Å²) in [5.74, 6) is 0. The molecule has 0 saturated carbocycles. The van der Waals surface area contributed by atoms with Crippen LogP contribution in [0.2, 0.25) is 0 Å². The number of rotatable bonds is 2. The van der Waals surface area contributed by atoms with E-state index in [0.29, 0.717) is 0 Å². The van der Waals surface area contributed by atoms with Gasteiger partial charge in [0.25, 0.3) is 0 Å². The first-order valence-corrected chi connectivity index (χ1v) is 4.76. The Bertz CT molecular complexity index is 98.7. The van der Waals surface area contributed by atoms with Crippen molar-refractivity contribution in [3.63, 3.8) is 0 Å². The largest absolute Gasteiger partial charge is 0.313 e. The number of nitrogens with zero attached hydrogens (tertiary/aromatic N) is 1. The second kappa shape index (κ2) is 3.55. The molecule has 2 rings (SSSR count).